The normalized spacial score (nSPS) is 11.1. The van der Waals surface area contributed by atoms with Gasteiger partial charge in [0.25, 0.3) is 5.56 Å². The molecule has 0 aliphatic rings. The first-order valence-corrected chi connectivity index (χ1v) is 4.30. The highest BCUT2D eigenvalue weighted by Gasteiger charge is 2.04. The second-order valence-electron chi connectivity index (χ2n) is 3.14. The minimum absolute atomic E-state index is 0.127. The van der Waals surface area contributed by atoms with Crippen molar-refractivity contribution in [2.45, 2.75) is 0 Å². The summed E-state index contributed by atoms with van der Waals surface area (Å²) >= 11 is 0. The van der Waals surface area contributed by atoms with Crippen LogP contribution in [0.15, 0.2) is 35.3 Å². The number of aromatic nitrogens is 3. The largest absolute Gasteiger partial charge is 0.297 e. The Morgan fingerprint density at radius 3 is 2.86 bits per heavy atom. The summed E-state index contributed by atoms with van der Waals surface area (Å²) in [6.07, 6.45) is 1.59. The zero-order chi connectivity index (χ0) is 9.54. The quantitative estimate of drug-likeness (QED) is 0.556. The summed E-state index contributed by atoms with van der Waals surface area (Å²) < 4.78 is 0. The zero-order valence-electron chi connectivity index (χ0n) is 7.24. The molecule has 2 N–H and O–H groups in total. The number of hydrogen-bond donors (Lipinski definition) is 2. The molecule has 0 saturated heterocycles. The van der Waals surface area contributed by atoms with Gasteiger partial charge in [0, 0.05) is 11.6 Å². The van der Waals surface area contributed by atoms with Crippen molar-refractivity contribution in [1.82, 2.24) is 15.2 Å². The van der Waals surface area contributed by atoms with Crippen molar-refractivity contribution in [3.05, 3.63) is 40.8 Å². The third-order valence-corrected chi connectivity index (χ3v) is 2.32. The molecule has 0 aliphatic carbocycles. The van der Waals surface area contributed by atoms with Gasteiger partial charge in [0.05, 0.1) is 16.4 Å². The fourth-order valence-corrected chi connectivity index (χ4v) is 1.63. The van der Waals surface area contributed by atoms with Crippen molar-refractivity contribution in [2.75, 3.05) is 0 Å². The van der Waals surface area contributed by atoms with Crippen LogP contribution in [-0.4, -0.2) is 15.2 Å². The molecule has 0 unspecified atom stereocenters. The maximum atomic E-state index is 11.3. The van der Waals surface area contributed by atoms with E-state index in [2.05, 4.69) is 15.2 Å². The van der Waals surface area contributed by atoms with Crippen LogP contribution in [0, 0.1) is 0 Å². The van der Waals surface area contributed by atoms with Gasteiger partial charge in [0.15, 0.2) is 0 Å². The van der Waals surface area contributed by atoms with Crippen LogP contribution < -0.4 is 5.56 Å². The van der Waals surface area contributed by atoms with Crippen LogP contribution in [0.25, 0.3) is 21.8 Å². The monoisotopic (exact) mass is 185 g/mol. The molecule has 68 valence electrons. The van der Waals surface area contributed by atoms with Crippen molar-refractivity contribution < 1.29 is 0 Å². The molecule has 0 bridgehead atoms. The van der Waals surface area contributed by atoms with E-state index in [4.69, 9.17) is 0 Å². The van der Waals surface area contributed by atoms with E-state index >= 15 is 0 Å². The van der Waals surface area contributed by atoms with Crippen LogP contribution >= 0.6 is 0 Å². The first-order chi connectivity index (χ1) is 6.86. The second-order valence-corrected chi connectivity index (χ2v) is 3.14. The summed E-state index contributed by atoms with van der Waals surface area (Å²) in [6.45, 7) is 0. The minimum atomic E-state index is -0.127. The third-order valence-electron chi connectivity index (χ3n) is 2.32. The Morgan fingerprint density at radius 1 is 1.07 bits per heavy atom. The van der Waals surface area contributed by atoms with Crippen molar-refractivity contribution >= 4 is 21.8 Å². The van der Waals surface area contributed by atoms with Gasteiger partial charge in [-0.3, -0.25) is 20.0 Å². The van der Waals surface area contributed by atoms with Crippen LogP contribution in [0.4, 0.5) is 0 Å². The summed E-state index contributed by atoms with van der Waals surface area (Å²) in [5.74, 6) is 0. The lowest BCUT2D eigenvalue weighted by Gasteiger charge is -1.95. The Bertz CT molecular complexity index is 665. The molecule has 0 saturated carbocycles. The lowest BCUT2D eigenvalue weighted by Crippen LogP contribution is -1.97. The van der Waals surface area contributed by atoms with Crippen molar-refractivity contribution in [1.29, 1.82) is 0 Å². The summed E-state index contributed by atoms with van der Waals surface area (Å²) in [6, 6.07) is 7.70. The Balaban J connectivity index is 2.68. The number of rotatable bonds is 0. The first-order valence-electron chi connectivity index (χ1n) is 4.30. The van der Waals surface area contributed by atoms with E-state index in [0.717, 1.165) is 16.4 Å². The Morgan fingerprint density at radius 2 is 1.93 bits per heavy atom. The zero-order valence-corrected chi connectivity index (χ0v) is 7.24. The number of aromatic amines is 2. The van der Waals surface area contributed by atoms with Crippen molar-refractivity contribution in [3.8, 4) is 0 Å². The predicted molar refractivity (Wildman–Crippen MR) is 54.2 cm³/mol. The van der Waals surface area contributed by atoms with Crippen LogP contribution in [0.3, 0.4) is 0 Å². The van der Waals surface area contributed by atoms with E-state index in [1.165, 1.54) is 0 Å². The average molecular weight is 185 g/mol. The van der Waals surface area contributed by atoms with Gasteiger partial charge in [-0.25, -0.2) is 0 Å². The van der Waals surface area contributed by atoms with Crippen LogP contribution in [-0.2, 0) is 0 Å². The number of hydrogen-bond acceptors (Lipinski definition) is 2. The summed E-state index contributed by atoms with van der Waals surface area (Å²) in [5.41, 5.74) is 1.58. The Kier molecular flexibility index (Phi) is 1.28. The van der Waals surface area contributed by atoms with E-state index in [1.54, 1.807) is 6.20 Å². The number of H-pyrrole nitrogens is 2. The molecular formula is C10H7N3O. The molecule has 4 nitrogen and oxygen atoms in total. The topological polar surface area (TPSA) is 61.5 Å². The third kappa shape index (κ3) is 0.821. The lowest BCUT2D eigenvalue weighted by molar-refractivity contribution is 1.08. The minimum Gasteiger partial charge on any atom is -0.297 e. The molecule has 3 rings (SSSR count). The van der Waals surface area contributed by atoms with Gasteiger partial charge in [0.2, 0.25) is 0 Å². The van der Waals surface area contributed by atoms with Gasteiger partial charge < -0.3 is 0 Å². The van der Waals surface area contributed by atoms with Gasteiger partial charge in [-0.2, -0.15) is 0 Å². The predicted octanol–water partition coefficient (Wildman–Crippen LogP) is 1.40. The molecule has 0 radical (unpaired) electrons. The summed E-state index contributed by atoms with van der Waals surface area (Å²) in [7, 11) is 0. The van der Waals surface area contributed by atoms with Gasteiger partial charge in [-0.15, -0.1) is 0 Å². The van der Waals surface area contributed by atoms with Gasteiger partial charge in [-0.1, -0.05) is 18.2 Å². The SMILES string of the molecule is O=c1[nH][nH]c2c1cnc1ccccc12. The number of pyridine rings is 1. The molecule has 2 aromatic heterocycles. The van der Waals surface area contributed by atoms with Gasteiger partial charge in [-0.05, 0) is 6.07 Å². The number of benzene rings is 1. The summed E-state index contributed by atoms with van der Waals surface area (Å²) in [4.78, 5) is 15.5. The maximum absolute atomic E-state index is 11.3. The highest BCUT2D eigenvalue weighted by molar-refractivity contribution is 6.02. The highest BCUT2D eigenvalue weighted by atomic mass is 16.1. The standard InChI is InChI=1S/C10H7N3O/c14-10-7-5-11-8-4-2-1-3-6(8)9(7)12-13-10/h1-5H,(H2,12,13,14). The van der Waals surface area contributed by atoms with E-state index in [9.17, 15) is 4.79 Å². The van der Waals surface area contributed by atoms with Crippen molar-refractivity contribution in [2.24, 2.45) is 0 Å². The number of nitrogens with zero attached hydrogens (tertiary/aromatic N) is 1. The van der Waals surface area contributed by atoms with E-state index in [-0.39, 0.29) is 5.56 Å². The molecule has 0 aliphatic heterocycles. The fraction of sp³-hybridized carbons (Fsp3) is 0. The average Bonchev–Trinajstić information content (AvgIpc) is 2.61. The summed E-state index contributed by atoms with van der Waals surface area (Å²) in [5, 5.41) is 6.96. The molecule has 0 atom stereocenters. The lowest BCUT2D eigenvalue weighted by atomic mass is 10.2. The molecule has 14 heavy (non-hydrogen) atoms. The van der Waals surface area contributed by atoms with E-state index in [1.807, 2.05) is 24.3 Å². The van der Waals surface area contributed by atoms with Crippen LogP contribution in [0.1, 0.15) is 0 Å². The molecule has 3 aromatic rings. The molecule has 1 aromatic carbocycles. The van der Waals surface area contributed by atoms with Gasteiger partial charge >= 0.3 is 0 Å². The number of nitrogens with one attached hydrogen (secondary N) is 2. The number of para-hydroxylation sites is 1. The fourth-order valence-electron chi connectivity index (χ4n) is 1.63. The molecule has 4 heteroatoms. The van der Waals surface area contributed by atoms with Crippen LogP contribution in [0.2, 0.25) is 0 Å². The maximum Gasteiger partial charge on any atom is 0.273 e. The smallest absolute Gasteiger partial charge is 0.273 e. The highest BCUT2D eigenvalue weighted by Crippen LogP contribution is 2.18. The van der Waals surface area contributed by atoms with Crippen molar-refractivity contribution in [3.63, 3.8) is 0 Å². The van der Waals surface area contributed by atoms with Crippen LogP contribution in [0.5, 0.6) is 0 Å². The number of fused-ring (bicyclic) bond motifs is 3. The second kappa shape index (κ2) is 2.45. The molecule has 0 fully saturated rings. The molecular weight excluding hydrogens is 178 g/mol. The first kappa shape index (κ1) is 7.32. The van der Waals surface area contributed by atoms with E-state index in [0.29, 0.717) is 5.39 Å². The molecule has 0 amide bonds. The molecule has 0 spiro atoms. The van der Waals surface area contributed by atoms with Gasteiger partial charge in [0.1, 0.15) is 0 Å². The van der Waals surface area contributed by atoms with E-state index < -0.39 is 0 Å². The molecule has 2 heterocycles. The Labute approximate surface area is 78.6 Å². The Hall–Kier alpha value is -2.10.